The summed E-state index contributed by atoms with van der Waals surface area (Å²) in [5.74, 6) is -0.0922. The quantitative estimate of drug-likeness (QED) is 0.881. The van der Waals surface area contributed by atoms with E-state index in [1.54, 1.807) is 4.90 Å². The summed E-state index contributed by atoms with van der Waals surface area (Å²) in [6.07, 6.45) is 0. The summed E-state index contributed by atoms with van der Waals surface area (Å²) in [5, 5.41) is 11.4. The Labute approximate surface area is 132 Å². The SMILES string of the molecule is CC(=O)N1c2ccccc2[C@@]2(O)N=C(c3ccccc3)S[C@H]12. The molecule has 0 aliphatic carbocycles. The number of aliphatic hydroxyl groups is 1. The minimum absolute atomic E-state index is 0.0922. The summed E-state index contributed by atoms with van der Waals surface area (Å²) in [6.45, 7) is 1.52. The Kier molecular flexibility index (Phi) is 2.89. The van der Waals surface area contributed by atoms with Gasteiger partial charge in [0.2, 0.25) is 11.6 Å². The number of thioether (sulfide) groups is 1. The highest BCUT2D eigenvalue weighted by Gasteiger charge is 2.56. The van der Waals surface area contributed by atoms with Gasteiger partial charge >= 0.3 is 0 Å². The summed E-state index contributed by atoms with van der Waals surface area (Å²) in [4.78, 5) is 18.3. The first-order valence-electron chi connectivity index (χ1n) is 7.05. The fourth-order valence-corrected chi connectivity index (χ4v) is 4.41. The lowest BCUT2D eigenvalue weighted by molar-refractivity contribution is -0.117. The maximum absolute atomic E-state index is 12.1. The average molecular weight is 310 g/mol. The van der Waals surface area contributed by atoms with E-state index in [0.717, 1.165) is 16.3 Å². The molecule has 0 bridgehead atoms. The third kappa shape index (κ3) is 1.76. The first-order chi connectivity index (χ1) is 10.6. The lowest BCUT2D eigenvalue weighted by atomic mass is 10.1. The molecule has 2 atom stereocenters. The standard InChI is InChI=1S/C17H14N2O2S/c1-11(20)19-14-10-6-5-9-13(14)17(21)16(19)22-15(18-17)12-7-3-2-4-8-12/h2-10,16,21H,1H3/t16-,17-/m0/s1. The molecule has 2 aliphatic rings. The predicted molar refractivity (Wildman–Crippen MR) is 87.9 cm³/mol. The molecule has 4 nitrogen and oxygen atoms in total. The smallest absolute Gasteiger partial charge is 0.225 e. The van der Waals surface area contributed by atoms with E-state index in [2.05, 4.69) is 4.99 Å². The Hall–Kier alpha value is -2.11. The molecule has 0 aromatic heterocycles. The molecule has 0 radical (unpaired) electrons. The van der Waals surface area contributed by atoms with Crippen molar-refractivity contribution in [3.8, 4) is 0 Å². The summed E-state index contributed by atoms with van der Waals surface area (Å²) in [5.41, 5.74) is 1.01. The molecule has 22 heavy (non-hydrogen) atoms. The fourth-order valence-electron chi connectivity index (χ4n) is 3.02. The summed E-state index contributed by atoms with van der Waals surface area (Å²) < 4.78 is 0. The number of carbonyl (C=O) groups is 1. The Morgan fingerprint density at radius 2 is 1.86 bits per heavy atom. The molecule has 2 aromatic carbocycles. The third-order valence-electron chi connectivity index (χ3n) is 3.99. The average Bonchev–Trinajstić information content (AvgIpc) is 2.98. The van der Waals surface area contributed by atoms with E-state index in [1.807, 2.05) is 54.6 Å². The van der Waals surface area contributed by atoms with E-state index >= 15 is 0 Å². The first-order valence-corrected chi connectivity index (χ1v) is 7.93. The molecule has 2 aromatic rings. The van der Waals surface area contributed by atoms with Gasteiger partial charge < -0.3 is 5.11 Å². The van der Waals surface area contributed by atoms with Crippen LogP contribution in [0.3, 0.4) is 0 Å². The first kappa shape index (κ1) is 13.5. The number of nitrogens with zero attached hydrogens (tertiary/aromatic N) is 2. The number of fused-ring (bicyclic) bond motifs is 3. The number of aliphatic imine (C=N–C) groups is 1. The summed E-state index contributed by atoms with van der Waals surface area (Å²) >= 11 is 1.43. The molecule has 2 heterocycles. The predicted octanol–water partition coefficient (Wildman–Crippen LogP) is 2.72. The number of anilines is 1. The number of hydrogen-bond donors (Lipinski definition) is 1. The van der Waals surface area contributed by atoms with Crippen molar-refractivity contribution in [3.63, 3.8) is 0 Å². The summed E-state index contributed by atoms with van der Waals surface area (Å²) in [7, 11) is 0. The molecule has 1 amide bonds. The molecule has 0 spiro atoms. The second-order valence-electron chi connectivity index (χ2n) is 5.39. The molecule has 110 valence electrons. The minimum atomic E-state index is -1.38. The number of benzene rings is 2. The maximum Gasteiger partial charge on any atom is 0.225 e. The van der Waals surface area contributed by atoms with Crippen molar-refractivity contribution < 1.29 is 9.90 Å². The van der Waals surface area contributed by atoms with E-state index in [9.17, 15) is 9.90 Å². The fraction of sp³-hybridized carbons (Fsp3) is 0.176. The molecule has 2 aliphatic heterocycles. The van der Waals surface area contributed by atoms with Crippen LogP contribution in [0.25, 0.3) is 0 Å². The summed E-state index contributed by atoms with van der Waals surface area (Å²) in [6, 6.07) is 17.1. The Balaban J connectivity index is 1.86. The van der Waals surface area contributed by atoms with Gasteiger partial charge in [0.05, 0.1) is 5.69 Å². The Morgan fingerprint density at radius 1 is 1.18 bits per heavy atom. The van der Waals surface area contributed by atoms with Gasteiger partial charge in [-0.05, 0) is 6.07 Å². The molecule has 5 heteroatoms. The van der Waals surface area contributed by atoms with Crippen LogP contribution >= 0.6 is 11.8 Å². The van der Waals surface area contributed by atoms with E-state index < -0.39 is 11.1 Å². The van der Waals surface area contributed by atoms with Gasteiger partial charge in [-0.25, -0.2) is 4.99 Å². The molecular formula is C17H14N2O2S. The van der Waals surface area contributed by atoms with Crippen LogP contribution in [0.2, 0.25) is 0 Å². The highest BCUT2D eigenvalue weighted by Crippen LogP contribution is 2.53. The van der Waals surface area contributed by atoms with Crippen LogP contribution in [-0.4, -0.2) is 21.4 Å². The van der Waals surface area contributed by atoms with E-state index in [1.165, 1.54) is 18.7 Å². The Bertz CT molecular complexity index is 790. The van der Waals surface area contributed by atoms with Crippen molar-refractivity contribution in [2.75, 3.05) is 4.90 Å². The van der Waals surface area contributed by atoms with Gasteiger partial charge in [-0.1, -0.05) is 60.3 Å². The second kappa shape index (κ2) is 4.69. The van der Waals surface area contributed by atoms with Gasteiger partial charge in [-0.3, -0.25) is 9.69 Å². The van der Waals surface area contributed by atoms with Crippen molar-refractivity contribution in [1.82, 2.24) is 0 Å². The van der Waals surface area contributed by atoms with Crippen molar-refractivity contribution >= 4 is 28.4 Å². The van der Waals surface area contributed by atoms with Gasteiger partial charge in [0.15, 0.2) is 0 Å². The maximum atomic E-state index is 12.1. The molecular weight excluding hydrogens is 296 g/mol. The number of rotatable bonds is 1. The monoisotopic (exact) mass is 310 g/mol. The van der Waals surface area contributed by atoms with Gasteiger partial charge in [-0.15, -0.1) is 0 Å². The van der Waals surface area contributed by atoms with Gasteiger partial charge in [0.1, 0.15) is 10.4 Å². The van der Waals surface area contributed by atoms with Crippen LogP contribution < -0.4 is 4.90 Å². The van der Waals surface area contributed by atoms with Crippen LogP contribution in [0.15, 0.2) is 59.6 Å². The zero-order valence-corrected chi connectivity index (χ0v) is 12.7. The molecule has 4 rings (SSSR count). The minimum Gasteiger partial charge on any atom is -0.363 e. The number of amides is 1. The number of carbonyl (C=O) groups excluding carboxylic acids is 1. The highest BCUT2D eigenvalue weighted by molar-refractivity contribution is 8.15. The lowest BCUT2D eigenvalue weighted by Crippen LogP contribution is -2.41. The van der Waals surface area contributed by atoms with E-state index in [0.29, 0.717) is 5.56 Å². The third-order valence-corrected chi connectivity index (χ3v) is 5.31. The zero-order valence-electron chi connectivity index (χ0n) is 11.9. The van der Waals surface area contributed by atoms with Crippen LogP contribution in [0.1, 0.15) is 18.1 Å². The number of para-hydroxylation sites is 1. The van der Waals surface area contributed by atoms with Crippen molar-refractivity contribution in [1.29, 1.82) is 0 Å². The van der Waals surface area contributed by atoms with Crippen LogP contribution in [-0.2, 0) is 10.5 Å². The topological polar surface area (TPSA) is 52.9 Å². The van der Waals surface area contributed by atoms with E-state index in [-0.39, 0.29) is 5.91 Å². The van der Waals surface area contributed by atoms with Crippen LogP contribution in [0.4, 0.5) is 5.69 Å². The number of hydrogen-bond acceptors (Lipinski definition) is 4. The van der Waals surface area contributed by atoms with Crippen LogP contribution in [0, 0.1) is 0 Å². The molecule has 0 unspecified atom stereocenters. The molecule has 1 N–H and O–H groups in total. The van der Waals surface area contributed by atoms with Crippen molar-refractivity contribution in [2.24, 2.45) is 4.99 Å². The van der Waals surface area contributed by atoms with Gasteiger partial charge in [-0.2, -0.15) is 0 Å². The van der Waals surface area contributed by atoms with Crippen molar-refractivity contribution in [2.45, 2.75) is 18.0 Å². The van der Waals surface area contributed by atoms with Gasteiger partial charge in [0, 0.05) is 18.1 Å². The largest absolute Gasteiger partial charge is 0.363 e. The highest BCUT2D eigenvalue weighted by atomic mass is 32.2. The Morgan fingerprint density at radius 3 is 2.59 bits per heavy atom. The zero-order chi connectivity index (χ0) is 15.3. The van der Waals surface area contributed by atoms with Crippen LogP contribution in [0.5, 0.6) is 0 Å². The lowest BCUT2D eigenvalue weighted by Gasteiger charge is -2.25. The normalized spacial score (nSPS) is 25.6. The van der Waals surface area contributed by atoms with Gasteiger partial charge in [0.25, 0.3) is 0 Å². The van der Waals surface area contributed by atoms with Crippen molar-refractivity contribution in [3.05, 3.63) is 65.7 Å². The molecule has 0 saturated heterocycles. The molecule has 0 saturated carbocycles. The molecule has 0 fully saturated rings. The van der Waals surface area contributed by atoms with E-state index in [4.69, 9.17) is 0 Å². The second-order valence-corrected chi connectivity index (χ2v) is 6.45.